The van der Waals surface area contributed by atoms with E-state index in [4.69, 9.17) is 23.2 Å². The summed E-state index contributed by atoms with van der Waals surface area (Å²) in [4.78, 5) is 3.70. The van der Waals surface area contributed by atoms with E-state index in [1.165, 1.54) is 12.1 Å². The molecule has 0 aliphatic carbocycles. The summed E-state index contributed by atoms with van der Waals surface area (Å²) in [7, 11) is -3.81. The van der Waals surface area contributed by atoms with E-state index in [0.29, 0.717) is 10.6 Å². The first-order valence-electron chi connectivity index (χ1n) is 5.92. The number of halogens is 2. The van der Waals surface area contributed by atoms with Gasteiger partial charge in [-0.15, -0.1) is 0 Å². The van der Waals surface area contributed by atoms with Gasteiger partial charge in [0.2, 0.25) is 10.0 Å². The number of hydrogen-bond donors (Lipinski definition) is 2. The molecule has 1 unspecified atom stereocenters. The van der Waals surface area contributed by atoms with Crippen LogP contribution in [0.2, 0.25) is 10.2 Å². The minimum atomic E-state index is -3.81. The second kappa shape index (κ2) is 6.72. The highest BCUT2D eigenvalue weighted by Crippen LogP contribution is 2.19. The van der Waals surface area contributed by atoms with E-state index < -0.39 is 16.1 Å². The summed E-state index contributed by atoms with van der Waals surface area (Å²) < 4.78 is 26.9. The smallest absolute Gasteiger partial charge is 0.242 e. The van der Waals surface area contributed by atoms with Crippen LogP contribution in [0.25, 0.3) is 0 Å². The first-order valence-corrected chi connectivity index (χ1v) is 8.16. The van der Waals surface area contributed by atoms with E-state index in [1.54, 1.807) is 24.3 Å². The Labute approximate surface area is 132 Å². The summed E-state index contributed by atoms with van der Waals surface area (Å²) in [5.74, 6) is 0. The lowest BCUT2D eigenvalue weighted by Gasteiger charge is -2.17. The van der Waals surface area contributed by atoms with Crippen LogP contribution < -0.4 is 4.72 Å². The van der Waals surface area contributed by atoms with Gasteiger partial charge in [0, 0.05) is 11.2 Å². The highest BCUT2D eigenvalue weighted by Gasteiger charge is 2.21. The fourth-order valence-electron chi connectivity index (χ4n) is 1.68. The van der Waals surface area contributed by atoms with Crippen LogP contribution in [-0.4, -0.2) is 25.1 Å². The van der Waals surface area contributed by atoms with Gasteiger partial charge in [-0.05, 0) is 29.8 Å². The molecule has 0 saturated carbocycles. The second-order valence-corrected chi connectivity index (χ2v) is 6.76. The van der Waals surface area contributed by atoms with Crippen LogP contribution in [0.3, 0.4) is 0 Å². The van der Waals surface area contributed by atoms with Crippen molar-refractivity contribution in [2.24, 2.45) is 0 Å². The van der Waals surface area contributed by atoms with Gasteiger partial charge in [-0.25, -0.2) is 18.1 Å². The number of nitrogens with zero attached hydrogens (tertiary/aromatic N) is 1. The number of benzene rings is 1. The molecule has 5 nitrogen and oxygen atoms in total. The predicted octanol–water partition coefficient (Wildman–Crippen LogP) is 2.40. The highest BCUT2D eigenvalue weighted by molar-refractivity contribution is 7.89. The Morgan fingerprint density at radius 3 is 2.33 bits per heavy atom. The molecule has 2 aromatic rings. The van der Waals surface area contributed by atoms with Crippen molar-refractivity contribution >= 4 is 33.2 Å². The average molecular weight is 347 g/mol. The lowest BCUT2D eigenvalue weighted by molar-refractivity contribution is 0.259. The standard InChI is InChI=1S/C13H12Cl2N2O3S/c14-10-3-1-9(2-4-10)12(8-18)17-21(19,20)11-5-6-13(15)16-7-11/h1-7,12,17-18H,8H2. The maximum absolute atomic E-state index is 12.2. The highest BCUT2D eigenvalue weighted by atomic mass is 35.5. The number of nitrogens with one attached hydrogen (secondary N) is 1. The molecule has 0 saturated heterocycles. The molecule has 21 heavy (non-hydrogen) atoms. The Hall–Kier alpha value is -1.18. The summed E-state index contributed by atoms with van der Waals surface area (Å²) >= 11 is 11.4. The van der Waals surface area contributed by atoms with Crippen molar-refractivity contribution in [2.45, 2.75) is 10.9 Å². The Morgan fingerprint density at radius 1 is 1.14 bits per heavy atom. The fraction of sp³-hybridized carbons (Fsp3) is 0.154. The van der Waals surface area contributed by atoms with Gasteiger partial charge in [-0.1, -0.05) is 35.3 Å². The van der Waals surface area contributed by atoms with E-state index in [2.05, 4.69) is 9.71 Å². The number of aliphatic hydroxyl groups excluding tert-OH is 1. The van der Waals surface area contributed by atoms with E-state index >= 15 is 0 Å². The van der Waals surface area contributed by atoms with Crippen LogP contribution in [0.1, 0.15) is 11.6 Å². The number of aliphatic hydroxyl groups is 1. The van der Waals surface area contributed by atoms with Gasteiger partial charge in [0.05, 0.1) is 12.6 Å². The number of aromatic nitrogens is 1. The number of pyridine rings is 1. The van der Waals surface area contributed by atoms with Gasteiger partial charge in [-0.2, -0.15) is 0 Å². The predicted molar refractivity (Wildman–Crippen MR) is 80.8 cm³/mol. The molecule has 0 aliphatic rings. The molecule has 0 spiro atoms. The normalized spacial score (nSPS) is 13.1. The molecule has 1 aromatic heterocycles. The van der Waals surface area contributed by atoms with Gasteiger partial charge >= 0.3 is 0 Å². The summed E-state index contributed by atoms with van der Waals surface area (Å²) in [5.41, 5.74) is 0.604. The molecule has 0 amide bonds. The Kier molecular flexibility index (Phi) is 5.18. The van der Waals surface area contributed by atoms with Crippen LogP contribution in [0.5, 0.6) is 0 Å². The van der Waals surface area contributed by atoms with Crippen molar-refractivity contribution in [2.75, 3.05) is 6.61 Å². The molecular formula is C13H12Cl2N2O3S. The van der Waals surface area contributed by atoms with Crippen LogP contribution in [0, 0.1) is 0 Å². The summed E-state index contributed by atoms with van der Waals surface area (Å²) in [6.07, 6.45) is 1.15. The number of rotatable bonds is 5. The molecule has 2 N–H and O–H groups in total. The van der Waals surface area contributed by atoms with Crippen LogP contribution in [0.15, 0.2) is 47.5 Å². The van der Waals surface area contributed by atoms with E-state index in [9.17, 15) is 13.5 Å². The van der Waals surface area contributed by atoms with Crippen molar-refractivity contribution in [1.82, 2.24) is 9.71 Å². The van der Waals surface area contributed by atoms with Crippen molar-refractivity contribution in [1.29, 1.82) is 0 Å². The number of sulfonamides is 1. The minimum absolute atomic E-state index is 0.0284. The third-order valence-corrected chi connectivity index (χ3v) is 4.70. The topological polar surface area (TPSA) is 79.3 Å². The maximum atomic E-state index is 12.2. The van der Waals surface area contributed by atoms with Crippen LogP contribution in [-0.2, 0) is 10.0 Å². The third-order valence-electron chi connectivity index (χ3n) is 2.76. The maximum Gasteiger partial charge on any atom is 0.242 e. The Balaban J connectivity index is 2.24. The molecule has 0 radical (unpaired) electrons. The molecule has 2 rings (SSSR count). The Bertz CT molecular complexity index is 703. The van der Waals surface area contributed by atoms with Gasteiger partial charge in [0.1, 0.15) is 10.0 Å². The first kappa shape index (κ1) is 16.2. The van der Waals surface area contributed by atoms with Crippen molar-refractivity contribution in [3.05, 3.63) is 58.3 Å². The largest absolute Gasteiger partial charge is 0.394 e. The third kappa shape index (κ3) is 4.15. The molecule has 1 heterocycles. The molecule has 0 fully saturated rings. The molecule has 8 heteroatoms. The molecule has 1 aromatic carbocycles. The summed E-state index contributed by atoms with van der Waals surface area (Å²) in [6.45, 7) is -0.387. The lowest BCUT2D eigenvalue weighted by atomic mass is 10.1. The average Bonchev–Trinajstić information content (AvgIpc) is 2.46. The summed E-state index contributed by atoms with van der Waals surface area (Å²) in [5, 5.41) is 10.1. The lowest BCUT2D eigenvalue weighted by Crippen LogP contribution is -2.30. The fourth-order valence-corrected chi connectivity index (χ4v) is 3.08. The van der Waals surface area contributed by atoms with Crippen LogP contribution in [0.4, 0.5) is 0 Å². The molecule has 112 valence electrons. The van der Waals surface area contributed by atoms with E-state index in [0.717, 1.165) is 6.20 Å². The monoisotopic (exact) mass is 346 g/mol. The second-order valence-electron chi connectivity index (χ2n) is 4.22. The zero-order valence-corrected chi connectivity index (χ0v) is 13.0. The van der Waals surface area contributed by atoms with E-state index in [-0.39, 0.29) is 16.7 Å². The van der Waals surface area contributed by atoms with Gasteiger partial charge < -0.3 is 5.11 Å². The zero-order valence-electron chi connectivity index (χ0n) is 10.7. The molecule has 0 aliphatic heterocycles. The van der Waals surface area contributed by atoms with Crippen molar-refractivity contribution in [3.8, 4) is 0 Å². The van der Waals surface area contributed by atoms with Gasteiger partial charge in [0.15, 0.2) is 0 Å². The number of hydrogen-bond acceptors (Lipinski definition) is 4. The SMILES string of the molecule is O=S(=O)(NC(CO)c1ccc(Cl)cc1)c1ccc(Cl)nc1. The summed E-state index contributed by atoms with van der Waals surface area (Å²) in [6, 6.07) is 8.48. The van der Waals surface area contributed by atoms with Gasteiger partial charge in [0.25, 0.3) is 0 Å². The van der Waals surface area contributed by atoms with Crippen molar-refractivity contribution in [3.63, 3.8) is 0 Å². The molecular weight excluding hydrogens is 335 g/mol. The van der Waals surface area contributed by atoms with Crippen molar-refractivity contribution < 1.29 is 13.5 Å². The van der Waals surface area contributed by atoms with E-state index in [1.807, 2.05) is 0 Å². The van der Waals surface area contributed by atoms with Gasteiger partial charge in [-0.3, -0.25) is 0 Å². The van der Waals surface area contributed by atoms with Crippen LogP contribution >= 0.6 is 23.2 Å². The molecule has 0 bridgehead atoms. The quantitative estimate of drug-likeness (QED) is 0.814. The Morgan fingerprint density at radius 2 is 1.81 bits per heavy atom. The molecule has 1 atom stereocenters. The zero-order chi connectivity index (χ0) is 15.5. The first-order chi connectivity index (χ1) is 9.92. The minimum Gasteiger partial charge on any atom is -0.394 e.